The van der Waals surface area contributed by atoms with Gasteiger partial charge in [-0.15, -0.1) is 0 Å². The molecule has 0 aliphatic carbocycles. The van der Waals surface area contributed by atoms with Gasteiger partial charge in [-0.1, -0.05) is 0 Å². The predicted octanol–water partition coefficient (Wildman–Crippen LogP) is -2.13. The van der Waals surface area contributed by atoms with Gasteiger partial charge in [0, 0.05) is 12.1 Å². The van der Waals surface area contributed by atoms with Gasteiger partial charge in [0.1, 0.15) is 0 Å². The van der Waals surface area contributed by atoms with Crippen LogP contribution in [0.25, 0.3) is 0 Å². The summed E-state index contributed by atoms with van der Waals surface area (Å²) in [4.78, 5) is 17.3. The molecule has 0 saturated heterocycles. The van der Waals surface area contributed by atoms with Crippen LogP contribution in [-0.4, -0.2) is 22.8 Å². The monoisotopic (exact) mass is 272 g/mol. The van der Waals surface area contributed by atoms with Gasteiger partial charge in [-0.2, -0.15) is 8.42 Å². The van der Waals surface area contributed by atoms with Crippen molar-refractivity contribution in [3.05, 3.63) is 38.4 Å². The first-order valence-electron chi connectivity index (χ1n) is 3.64. The van der Waals surface area contributed by atoms with Gasteiger partial charge in [0.05, 0.1) is 9.85 Å². The third kappa shape index (κ3) is 3.44. The summed E-state index contributed by atoms with van der Waals surface area (Å²) in [5.41, 5.74) is -2.09. The fourth-order valence-corrected chi connectivity index (χ4v) is 1.88. The fourth-order valence-electron chi connectivity index (χ4n) is 1.06. The second-order valence-electron chi connectivity index (χ2n) is 2.61. The van der Waals surface area contributed by atoms with E-state index in [0.29, 0.717) is 0 Å². The summed E-state index contributed by atoms with van der Waals surface area (Å²) in [5.74, 6) is 0. The van der Waals surface area contributed by atoms with Crippen molar-refractivity contribution in [1.29, 1.82) is 0 Å². The van der Waals surface area contributed by atoms with Crippen molar-refractivity contribution in [2.24, 2.45) is 0 Å². The standard InChI is InChI=1S/C6H4N2O7S.Na.H/c9-7(10)4-2-1-3-5(8(11)12)6(4)16(13,14)15;;/h1-3H,(H,13,14,15);;/q;+1;-1. The molecular formula is C6H5N2NaO7S. The first-order chi connectivity index (χ1) is 7.25. The Bertz CT molecular complexity index is 543. The van der Waals surface area contributed by atoms with Crippen LogP contribution in [0.15, 0.2) is 23.1 Å². The first-order valence-corrected chi connectivity index (χ1v) is 5.08. The molecule has 0 atom stereocenters. The Labute approximate surface area is 118 Å². The molecular weight excluding hydrogens is 267 g/mol. The molecule has 0 bridgehead atoms. The van der Waals surface area contributed by atoms with Crippen molar-refractivity contribution < 1.29 is 53.8 Å². The molecule has 9 nitrogen and oxygen atoms in total. The molecule has 0 radical (unpaired) electrons. The second kappa shape index (κ2) is 5.51. The molecule has 1 rings (SSSR count). The molecule has 0 aliphatic rings. The second-order valence-corrected chi connectivity index (χ2v) is 3.97. The summed E-state index contributed by atoms with van der Waals surface area (Å²) < 4.78 is 30.4. The van der Waals surface area contributed by atoms with Gasteiger partial charge in [-0.05, 0) is 6.07 Å². The van der Waals surface area contributed by atoms with Gasteiger partial charge in [-0.25, -0.2) is 0 Å². The van der Waals surface area contributed by atoms with E-state index in [1.807, 2.05) is 0 Å². The van der Waals surface area contributed by atoms with Gasteiger partial charge in [0.25, 0.3) is 11.4 Å². The van der Waals surface area contributed by atoms with Crippen LogP contribution in [0.3, 0.4) is 0 Å². The van der Waals surface area contributed by atoms with Crippen LogP contribution in [0.5, 0.6) is 0 Å². The van der Waals surface area contributed by atoms with E-state index in [4.69, 9.17) is 4.55 Å². The van der Waals surface area contributed by atoms with Crippen LogP contribution in [0, 0.1) is 20.2 Å². The Morgan fingerprint density at radius 3 is 1.71 bits per heavy atom. The minimum atomic E-state index is -5.04. The van der Waals surface area contributed by atoms with Crippen LogP contribution in [-0.2, 0) is 10.1 Å². The van der Waals surface area contributed by atoms with Crippen molar-refractivity contribution in [2.75, 3.05) is 0 Å². The van der Waals surface area contributed by atoms with Crippen molar-refractivity contribution in [3.8, 4) is 0 Å². The molecule has 0 unspecified atom stereocenters. The van der Waals surface area contributed by atoms with E-state index < -0.39 is 36.2 Å². The van der Waals surface area contributed by atoms with Gasteiger partial charge in [-0.3, -0.25) is 24.8 Å². The molecule has 0 fully saturated rings. The van der Waals surface area contributed by atoms with Crippen LogP contribution >= 0.6 is 0 Å². The molecule has 1 aromatic rings. The fraction of sp³-hybridized carbons (Fsp3) is 0. The van der Waals surface area contributed by atoms with E-state index in [1.54, 1.807) is 0 Å². The third-order valence-electron chi connectivity index (χ3n) is 1.62. The van der Waals surface area contributed by atoms with Gasteiger partial charge in [0.2, 0.25) is 4.90 Å². The number of nitrogens with zero attached hydrogens (tertiary/aromatic N) is 2. The van der Waals surface area contributed by atoms with Gasteiger partial charge >= 0.3 is 39.7 Å². The van der Waals surface area contributed by atoms with E-state index >= 15 is 0 Å². The Hall–Kier alpha value is -1.07. The van der Waals surface area contributed by atoms with Crippen LogP contribution in [0.4, 0.5) is 11.4 Å². The number of nitro benzene ring substituents is 2. The Morgan fingerprint density at radius 1 is 1.12 bits per heavy atom. The predicted molar refractivity (Wildman–Crippen MR) is 50.7 cm³/mol. The molecule has 0 amide bonds. The summed E-state index contributed by atoms with van der Waals surface area (Å²) in [5, 5.41) is 20.9. The molecule has 1 N–H and O–H groups in total. The molecule has 1 aromatic carbocycles. The zero-order chi connectivity index (χ0) is 12.5. The van der Waals surface area contributed by atoms with E-state index in [0.717, 1.165) is 18.2 Å². The van der Waals surface area contributed by atoms with Gasteiger partial charge < -0.3 is 1.43 Å². The normalized spacial score (nSPS) is 10.4. The largest absolute Gasteiger partial charge is 1.00 e. The summed E-state index contributed by atoms with van der Waals surface area (Å²) in [7, 11) is -5.04. The number of hydrogen-bond donors (Lipinski definition) is 1. The quantitative estimate of drug-likeness (QED) is 0.286. The average molecular weight is 272 g/mol. The molecule has 17 heavy (non-hydrogen) atoms. The van der Waals surface area contributed by atoms with Crippen LogP contribution in [0.2, 0.25) is 0 Å². The molecule has 0 heterocycles. The Kier molecular flexibility index (Phi) is 5.16. The zero-order valence-corrected chi connectivity index (χ0v) is 11.2. The van der Waals surface area contributed by atoms with Crippen molar-refractivity contribution in [3.63, 3.8) is 0 Å². The molecule has 0 aliphatic heterocycles. The molecule has 0 saturated carbocycles. The number of hydrogen-bond acceptors (Lipinski definition) is 6. The minimum absolute atomic E-state index is 0. The van der Waals surface area contributed by atoms with Crippen molar-refractivity contribution in [2.45, 2.75) is 4.90 Å². The third-order valence-corrected chi connectivity index (χ3v) is 2.56. The molecule has 0 aromatic heterocycles. The average Bonchev–Trinajstić information content (AvgIpc) is 2.15. The van der Waals surface area contributed by atoms with Crippen LogP contribution in [0.1, 0.15) is 1.43 Å². The van der Waals surface area contributed by atoms with Crippen molar-refractivity contribution in [1.82, 2.24) is 0 Å². The maximum atomic E-state index is 10.8. The molecule has 11 heteroatoms. The molecule has 0 spiro atoms. The maximum absolute atomic E-state index is 10.8. The SMILES string of the molecule is O=[N+]([O-])c1cccc([N+](=O)[O-])c1S(=O)(=O)O.[H-].[Na+]. The summed E-state index contributed by atoms with van der Waals surface area (Å²) in [6.07, 6.45) is 0. The number of nitro groups is 2. The maximum Gasteiger partial charge on any atom is 1.00 e. The topological polar surface area (TPSA) is 141 Å². The smallest absolute Gasteiger partial charge is 1.00 e. The summed E-state index contributed by atoms with van der Waals surface area (Å²) in [6, 6.07) is 2.44. The minimum Gasteiger partial charge on any atom is -1.00 e. The molecule has 88 valence electrons. The van der Waals surface area contributed by atoms with Gasteiger partial charge in [0.15, 0.2) is 0 Å². The van der Waals surface area contributed by atoms with E-state index in [1.165, 1.54) is 0 Å². The zero-order valence-electron chi connectivity index (χ0n) is 9.43. The van der Waals surface area contributed by atoms with E-state index in [9.17, 15) is 28.6 Å². The van der Waals surface area contributed by atoms with Crippen LogP contribution < -0.4 is 29.6 Å². The van der Waals surface area contributed by atoms with E-state index in [2.05, 4.69) is 0 Å². The Morgan fingerprint density at radius 2 is 1.47 bits per heavy atom. The van der Waals surface area contributed by atoms with Crippen molar-refractivity contribution >= 4 is 21.5 Å². The summed E-state index contributed by atoms with van der Waals surface area (Å²) in [6.45, 7) is 0. The Balaban J connectivity index is 0. The summed E-state index contributed by atoms with van der Waals surface area (Å²) >= 11 is 0. The number of benzene rings is 1. The number of rotatable bonds is 3. The van der Waals surface area contributed by atoms with E-state index in [-0.39, 0.29) is 31.0 Å². The first kappa shape index (κ1) is 15.9.